The number of likely N-dealkylation sites (tertiary alicyclic amines) is 1. The van der Waals surface area contributed by atoms with Crippen LogP contribution in [0.3, 0.4) is 0 Å². The fraction of sp³-hybridized carbons (Fsp3) is 0.933. The van der Waals surface area contributed by atoms with Crippen LogP contribution >= 0.6 is 0 Å². The van der Waals surface area contributed by atoms with Crippen molar-refractivity contribution in [2.45, 2.75) is 65.0 Å². The third kappa shape index (κ3) is 5.11. The van der Waals surface area contributed by atoms with Crippen molar-refractivity contribution in [3.05, 3.63) is 0 Å². The summed E-state index contributed by atoms with van der Waals surface area (Å²) in [7, 11) is 0. The van der Waals surface area contributed by atoms with Crippen LogP contribution in [0.5, 0.6) is 0 Å². The number of rotatable bonds is 7. The second-order valence-corrected chi connectivity index (χ2v) is 5.79. The van der Waals surface area contributed by atoms with Gasteiger partial charge in [-0.25, -0.2) is 0 Å². The minimum Gasteiger partial charge on any atom is -0.355 e. The highest BCUT2D eigenvalue weighted by atomic mass is 16.2. The van der Waals surface area contributed by atoms with E-state index in [1.807, 2.05) is 6.92 Å². The highest BCUT2D eigenvalue weighted by Crippen LogP contribution is 2.20. The normalized spacial score (nSPS) is 26.1. The van der Waals surface area contributed by atoms with Crippen molar-refractivity contribution < 1.29 is 4.79 Å². The lowest BCUT2D eigenvalue weighted by molar-refractivity contribution is -0.126. The highest BCUT2D eigenvalue weighted by Gasteiger charge is 2.30. The SMILES string of the molecule is CCCCCNC(=O)C(C)N1CCC(N)C(CC)C1. The first-order valence-corrected chi connectivity index (χ1v) is 7.87. The van der Waals surface area contributed by atoms with Crippen LogP contribution in [0.25, 0.3) is 0 Å². The molecule has 1 saturated heterocycles. The van der Waals surface area contributed by atoms with Crippen molar-refractivity contribution in [2.24, 2.45) is 11.7 Å². The van der Waals surface area contributed by atoms with Crippen molar-refractivity contribution in [1.29, 1.82) is 0 Å². The van der Waals surface area contributed by atoms with E-state index < -0.39 is 0 Å². The molecule has 1 aliphatic heterocycles. The molecule has 4 nitrogen and oxygen atoms in total. The predicted octanol–water partition coefficient (Wildman–Crippen LogP) is 1.74. The van der Waals surface area contributed by atoms with Crippen molar-refractivity contribution >= 4 is 5.91 Å². The number of unbranched alkanes of at least 4 members (excludes halogenated alkanes) is 2. The maximum Gasteiger partial charge on any atom is 0.237 e. The molecule has 1 amide bonds. The Bertz CT molecular complexity index is 270. The molecule has 1 rings (SSSR count). The lowest BCUT2D eigenvalue weighted by atomic mass is 9.90. The van der Waals surface area contributed by atoms with Crippen molar-refractivity contribution in [3.8, 4) is 0 Å². The van der Waals surface area contributed by atoms with Gasteiger partial charge in [0.1, 0.15) is 0 Å². The number of nitrogens with one attached hydrogen (secondary N) is 1. The first-order chi connectivity index (χ1) is 9.10. The average molecular weight is 269 g/mol. The minimum atomic E-state index is -0.0248. The maximum atomic E-state index is 12.1. The smallest absolute Gasteiger partial charge is 0.237 e. The number of nitrogens with zero attached hydrogens (tertiary/aromatic N) is 1. The Morgan fingerprint density at radius 1 is 1.42 bits per heavy atom. The third-order valence-electron chi connectivity index (χ3n) is 4.36. The first-order valence-electron chi connectivity index (χ1n) is 7.87. The summed E-state index contributed by atoms with van der Waals surface area (Å²) >= 11 is 0. The number of hydrogen-bond acceptors (Lipinski definition) is 3. The molecule has 3 N–H and O–H groups in total. The molecular weight excluding hydrogens is 238 g/mol. The molecule has 1 aliphatic rings. The first kappa shape index (κ1) is 16.4. The Hall–Kier alpha value is -0.610. The summed E-state index contributed by atoms with van der Waals surface area (Å²) in [6.07, 6.45) is 5.56. The lowest BCUT2D eigenvalue weighted by Gasteiger charge is -2.39. The van der Waals surface area contributed by atoms with Crippen LogP contribution in [0.2, 0.25) is 0 Å². The standard InChI is InChI=1S/C15H31N3O/c1-4-6-7-9-17-15(19)12(3)18-10-8-14(16)13(5-2)11-18/h12-14H,4-11,16H2,1-3H3,(H,17,19). The molecule has 0 saturated carbocycles. The minimum absolute atomic E-state index is 0.0248. The van der Waals surface area contributed by atoms with Gasteiger partial charge in [0.25, 0.3) is 0 Å². The summed E-state index contributed by atoms with van der Waals surface area (Å²) in [4.78, 5) is 14.4. The second-order valence-electron chi connectivity index (χ2n) is 5.79. The molecular formula is C15H31N3O. The van der Waals surface area contributed by atoms with Crippen molar-refractivity contribution in [3.63, 3.8) is 0 Å². The number of carbonyl (C=O) groups excluding carboxylic acids is 1. The zero-order valence-electron chi connectivity index (χ0n) is 12.8. The second kappa shape index (κ2) is 8.54. The van der Waals surface area contributed by atoms with Gasteiger partial charge in [-0.3, -0.25) is 9.69 Å². The van der Waals surface area contributed by atoms with Crippen molar-refractivity contribution in [2.75, 3.05) is 19.6 Å². The number of amides is 1. The molecule has 0 bridgehead atoms. The van der Waals surface area contributed by atoms with Gasteiger partial charge in [-0.05, 0) is 25.7 Å². The number of nitrogens with two attached hydrogens (primary N) is 1. The lowest BCUT2D eigenvalue weighted by Crippen LogP contribution is -2.53. The Morgan fingerprint density at radius 3 is 2.79 bits per heavy atom. The molecule has 112 valence electrons. The van der Waals surface area contributed by atoms with E-state index in [1.165, 1.54) is 12.8 Å². The molecule has 0 aromatic heterocycles. The fourth-order valence-corrected chi connectivity index (χ4v) is 2.76. The Balaban J connectivity index is 2.35. The van der Waals surface area contributed by atoms with Gasteiger partial charge >= 0.3 is 0 Å². The van der Waals surface area contributed by atoms with E-state index in [9.17, 15) is 4.79 Å². The largest absolute Gasteiger partial charge is 0.355 e. The van der Waals surface area contributed by atoms with E-state index in [2.05, 4.69) is 24.1 Å². The van der Waals surface area contributed by atoms with Gasteiger partial charge in [-0.2, -0.15) is 0 Å². The van der Waals surface area contributed by atoms with Gasteiger partial charge in [-0.1, -0.05) is 33.1 Å². The van der Waals surface area contributed by atoms with Gasteiger partial charge in [-0.15, -0.1) is 0 Å². The Morgan fingerprint density at radius 2 is 2.16 bits per heavy atom. The number of hydrogen-bond donors (Lipinski definition) is 2. The average Bonchev–Trinajstić information content (AvgIpc) is 2.43. The zero-order valence-corrected chi connectivity index (χ0v) is 12.8. The Kier molecular flexibility index (Phi) is 7.39. The highest BCUT2D eigenvalue weighted by molar-refractivity contribution is 5.81. The molecule has 4 heteroatoms. The van der Waals surface area contributed by atoms with Crippen molar-refractivity contribution in [1.82, 2.24) is 10.2 Å². The molecule has 19 heavy (non-hydrogen) atoms. The van der Waals surface area contributed by atoms with E-state index in [1.54, 1.807) is 0 Å². The molecule has 3 atom stereocenters. The number of carbonyl (C=O) groups is 1. The van der Waals surface area contributed by atoms with Crippen LogP contribution in [0.1, 0.15) is 52.9 Å². The predicted molar refractivity (Wildman–Crippen MR) is 79.9 cm³/mol. The fourth-order valence-electron chi connectivity index (χ4n) is 2.76. The summed E-state index contributed by atoms with van der Waals surface area (Å²) in [5.74, 6) is 0.700. The van der Waals surface area contributed by atoms with Gasteiger partial charge in [0.05, 0.1) is 6.04 Å². The van der Waals surface area contributed by atoms with Crippen LogP contribution in [0.4, 0.5) is 0 Å². The summed E-state index contributed by atoms with van der Waals surface area (Å²) in [5.41, 5.74) is 6.11. The summed E-state index contributed by atoms with van der Waals surface area (Å²) < 4.78 is 0. The molecule has 1 fully saturated rings. The summed E-state index contributed by atoms with van der Waals surface area (Å²) in [6, 6.07) is 0.282. The van der Waals surface area contributed by atoms with Gasteiger partial charge in [0.2, 0.25) is 5.91 Å². The van der Waals surface area contributed by atoms with Crippen LogP contribution in [-0.4, -0.2) is 42.5 Å². The van der Waals surface area contributed by atoms with Crippen LogP contribution in [-0.2, 0) is 4.79 Å². The van der Waals surface area contributed by atoms with E-state index in [-0.39, 0.29) is 11.9 Å². The quantitative estimate of drug-likeness (QED) is 0.692. The van der Waals surface area contributed by atoms with Crippen LogP contribution < -0.4 is 11.1 Å². The summed E-state index contributed by atoms with van der Waals surface area (Å²) in [5, 5.41) is 3.05. The van der Waals surface area contributed by atoms with E-state index in [0.29, 0.717) is 12.0 Å². The number of piperidine rings is 1. The monoisotopic (exact) mass is 269 g/mol. The topological polar surface area (TPSA) is 58.4 Å². The summed E-state index contributed by atoms with van der Waals surface area (Å²) in [6.45, 7) is 9.08. The zero-order chi connectivity index (χ0) is 14.3. The molecule has 3 unspecified atom stereocenters. The van der Waals surface area contributed by atoms with E-state index in [0.717, 1.165) is 38.9 Å². The van der Waals surface area contributed by atoms with Gasteiger partial charge in [0, 0.05) is 25.7 Å². The molecule has 1 heterocycles. The van der Waals surface area contributed by atoms with Gasteiger partial charge in [0.15, 0.2) is 0 Å². The van der Waals surface area contributed by atoms with E-state index >= 15 is 0 Å². The van der Waals surface area contributed by atoms with E-state index in [4.69, 9.17) is 5.73 Å². The maximum absolute atomic E-state index is 12.1. The molecule has 0 spiro atoms. The van der Waals surface area contributed by atoms with Crippen LogP contribution in [0, 0.1) is 5.92 Å². The molecule has 0 aliphatic carbocycles. The van der Waals surface area contributed by atoms with Gasteiger partial charge < -0.3 is 11.1 Å². The molecule has 0 aromatic carbocycles. The van der Waals surface area contributed by atoms with Crippen LogP contribution in [0.15, 0.2) is 0 Å². The molecule has 0 aromatic rings. The molecule has 0 radical (unpaired) electrons. The third-order valence-corrected chi connectivity index (χ3v) is 4.36. The Labute approximate surface area is 118 Å².